The lowest BCUT2D eigenvalue weighted by Crippen LogP contribution is -2.37. The monoisotopic (exact) mass is 248 g/mol. The third-order valence-corrected chi connectivity index (χ3v) is 3.71. The zero-order chi connectivity index (χ0) is 13.0. The van der Waals surface area contributed by atoms with Crippen molar-refractivity contribution in [2.24, 2.45) is 5.92 Å². The summed E-state index contributed by atoms with van der Waals surface area (Å²) in [5.74, 6) is 0.651. The standard InChI is InChI=1S/C14H20N2O2/c15-13-5-3-11(4-6-13)1-2-12-7-9-16(10-8-12)14(17)18/h3-6,12H,1-2,7-10,15H2,(H,17,18). The minimum atomic E-state index is -0.785. The van der Waals surface area contributed by atoms with Crippen LogP contribution in [0.2, 0.25) is 0 Å². The molecule has 2 rings (SSSR count). The molecule has 0 spiro atoms. The molecular weight excluding hydrogens is 228 g/mol. The first-order valence-corrected chi connectivity index (χ1v) is 6.47. The zero-order valence-electron chi connectivity index (χ0n) is 10.5. The van der Waals surface area contributed by atoms with Crippen LogP contribution in [-0.2, 0) is 6.42 Å². The maximum absolute atomic E-state index is 10.8. The van der Waals surface area contributed by atoms with Crippen molar-refractivity contribution in [3.05, 3.63) is 29.8 Å². The molecule has 0 unspecified atom stereocenters. The van der Waals surface area contributed by atoms with E-state index in [9.17, 15) is 4.79 Å². The third-order valence-electron chi connectivity index (χ3n) is 3.71. The second-order valence-electron chi connectivity index (χ2n) is 4.99. The normalized spacial score (nSPS) is 16.8. The van der Waals surface area contributed by atoms with Gasteiger partial charge in [0, 0.05) is 18.8 Å². The highest BCUT2D eigenvalue weighted by Crippen LogP contribution is 2.22. The van der Waals surface area contributed by atoms with E-state index in [0.29, 0.717) is 19.0 Å². The van der Waals surface area contributed by atoms with Crippen LogP contribution < -0.4 is 5.73 Å². The van der Waals surface area contributed by atoms with Crippen molar-refractivity contribution >= 4 is 11.8 Å². The molecule has 1 amide bonds. The summed E-state index contributed by atoms with van der Waals surface area (Å²) in [5, 5.41) is 8.87. The fourth-order valence-electron chi connectivity index (χ4n) is 2.47. The van der Waals surface area contributed by atoms with E-state index in [1.807, 2.05) is 12.1 Å². The number of carbonyl (C=O) groups is 1. The Hall–Kier alpha value is -1.71. The number of benzene rings is 1. The van der Waals surface area contributed by atoms with Crippen LogP contribution in [0.3, 0.4) is 0 Å². The van der Waals surface area contributed by atoms with Crippen LogP contribution in [0.25, 0.3) is 0 Å². The Morgan fingerprint density at radius 1 is 1.28 bits per heavy atom. The Morgan fingerprint density at radius 2 is 1.89 bits per heavy atom. The van der Waals surface area contributed by atoms with Gasteiger partial charge < -0.3 is 15.7 Å². The van der Waals surface area contributed by atoms with Crippen LogP contribution in [0, 0.1) is 5.92 Å². The van der Waals surface area contributed by atoms with E-state index in [1.54, 1.807) is 0 Å². The lowest BCUT2D eigenvalue weighted by Gasteiger charge is -2.29. The number of anilines is 1. The Morgan fingerprint density at radius 3 is 2.44 bits per heavy atom. The van der Waals surface area contributed by atoms with Gasteiger partial charge in [0.2, 0.25) is 0 Å². The number of amides is 1. The molecule has 98 valence electrons. The summed E-state index contributed by atoms with van der Waals surface area (Å²) in [6, 6.07) is 8.01. The van der Waals surface area contributed by atoms with E-state index in [4.69, 9.17) is 10.8 Å². The number of carboxylic acid groups (broad SMARTS) is 1. The molecule has 0 aromatic heterocycles. The molecule has 0 aliphatic carbocycles. The summed E-state index contributed by atoms with van der Waals surface area (Å²) in [6.45, 7) is 1.36. The molecular formula is C14H20N2O2. The van der Waals surface area contributed by atoms with Crippen LogP contribution >= 0.6 is 0 Å². The largest absolute Gasteiger partial charge is 0.465 e. The summed E-state index contributed by atoms with van der Waals surface area (Å²) in [5.41, 5.74) is 7.76. The minimum absolute atomic E-state index is 0.651. The number of hydrogen-bond acceptors (Lipinski definition) is 2. The van der Waals surface area contributed by atoms with Gasteiger partial charge >= 0.3 is 6.09 Å². The molecule has 4 nitrogen and oxygen atoms in total. The summed E-state index contributed by atoms with van der Waals surface area (Å²) in [7, 11) is 0. The Labute approximate surface area is 107 Å². The van der Waals surface area contributed by atoms with Crippen LogP contribution in [-0.4, -0.2) is 29.2 Å². The number of nitrogens with zero attached hydrogens (tertiary/aromatic N) is 1. The van der Waals surface area contributed by atoms with Gasteiger partial charge in [0.05, 0.1) is 0 Å². The SMILES string of the molecule is Nc1ccc(CCC2CCN(C(=O)O)CC2)cc1. The average molecular weight is 248 g/mol. The van der Waals surface area contributed by atoms with E-state index in [0.717, 1.165) is 31.4 Å². The van der Waals surface area contributed by atoms with Crippen molar-refractivity contribution in [1.82, 2.24) is 4.90 Å². The van der Waals surface area contributed by atoms with E-state index >= 15 is 0 Å². The number of rotatable bonds is 3. The molecule has 0 radical (unpaired) electrons. The van der Waals surface area contributed by atoms with Gasteiger partial charge in [-0.1, -0.05) is 12.1 Å². The van der Waals surface area contributed by atoms with E-state index < -0.39 is 6.09 Å². The van der Waals surface area contributed by atoms with Crippen molar-refractivity contribution in [1.29, 1.82) is 0 Å². The first-order chi connectivity index (χ1) is 8.65. The molecule has 18 heavy (non-hydrogen) atoms. The highest BCUT2D eigenvalue weighted by molar-refractivity contribution is 5.64. The third kappa shape index (κ3) is 3.39. The van der Waals surface area contributed by atoms with Crippen LogP contribution in [0.15, 0.2) is 24.3 Å². The lowest BCUT2D eigenvalue weighted by atomic mass is 9.91. The smallest absolute Gasteiger partial charge is 0.407 e. The van der Waals surface area contributed by atoms with Crippen molar-refractivity contribution < 1.29 is 9.90 Å². The Kier molecular flexibility index (Phi) is 4.07. The lowest BCUT2D eigenvalue weighted by molar-refractivity contribution is 0.123. The van der Waals surface area contributed by atoms with Gasteiger partial charge in [0.15, 0.2) is 0 Å². The fourth-order valence-corrected chi connectivity index (χ4v) is 2.47. The molecule has 4 heteroatoms. The minimum Gasteiger partial charge on any atom is -0.465 e. The van der Waals surface area contributed by atoms with Gasteiger partial charge in [0.1, 0.15) is 0 Å². The van der Waals surface area contributed by atoms with Crippen molar-refractivity contribution in [2.45, 2.75) is 25.7 Å². The van der Waals surface area contributed by atoms with Gasteiger partial charge in [-0.15, -0.1) is 0 Å². The quantitative estimate of drug-likeness (QED) is 0.808. The number of nitrogen functional groups attached to an aromatic ring is 1. The molecule has 0 atom stereocenters. The summed E-state index contributed by atoms with van der Waals surface area (Å²) >= 11 is 0. The summed E-state index contributed by atoms with van der Waals surface area (Å²) < 4.78 is 0. The molecule has 0 saturated carbocycles. The first kappa shape index (κ1) is 12.7. The van der Waals surface area contributed by atoms with Gasteiger partial charge in [-0.2, -0.15) is 0 Å². The van der Waals surface area contributed by atoms with Crippen LogP contribution in [0.4, 0.5) is 10.5 Å². The molecule has 1 heterocycles. The molecule has 1 fully saturated rings. The topological polar surface area (TPSA) is 66.6 Å². The number of hydrogen-bond donors (Lipinski definition) is 2. The zero-order valence-corrected chi connectivity index (χ0v) is 10.5. The molecule has 1 aromatic carbocycles. The first-order valence-electron chi connectivity index (χ1n) is 6.47. The molecule has 1 aliphatic heterocycles. The van der Waals surface area contributed by atoms with Gasteiger partial charge in [-0.05, 0) is 49.3 Å². The molecule has 3 N–H and O–H groups in total. The second kappa shape index (κ2) is 5.76. The van der Waals surface area contributed by atoms with Gasteiger partial charge in [0.25, 0.3) is 0 Å². The predicted molar refractivity (Wildman–Crippen MR) is 71.5 cm³/mol. The predicted octanol–water partition coefficient (Wildman–Crippen LogP) is 2.59. The van der Waals surface area contributed by atoms with E-state index in [2.05, 4.69) is 12.1 Å². The highest BCUT2D eigenvalue weighted by Gasteiger charge is 2.21. The van der Waals surface area contributed by atoms with Crippen molar-refractivity contribution in [3.63, 3.8) is 0 Å². The highest BCUT2D eigenvalue weighted by atomic mass is 16.4. The van der Waals surface area contributed by atoms with Crippen molar-refractivity contribution in [2.75, 3.05) is 18.8 Å². The second-order valence-corrected chi connectivity index (χ2v) is 4.99. The van der Waals surface area contributed by atoms with E-state index in [-0.39, 0.29) is 0 Å². The number of piperidine rings is 1. The molecule has 1 aromatic rings. The van der Waals surface area contributed by atoms with Gasteiger partial charge in [-0.3, -0.25) is 0 Å². The van der Waals surface area contributed by atoms with E-state index in [1.165, 1.54) is 10.5 Å². The van der Waals surface area contributed by atoms with Crippen LogP contribution in [0.5, 0.6) is 0 Å². The number of nitrogens with two attached hydrogens (primary N) is 1. The summed E-state index contributed by atoms with van der Waals surface area (Å²) in [6.07, 6.45) is 3.38. The Bertz CT molecular complexity index is 395. The van der Waals surface area contributed by atoms with Crippen LogP contribution in [0.1, 0.15) is 24.8 Å². The Balaban J connectivity index is 1.75. The number of likely N-dealkylation sites (tertiary alicyclic amines) is 1. The maximum atomic E-state index is 10.8. The molecule has 1 saturated heterocycles. The maximum Gasteiger partial charge on any atom is 0.407 e. The number of aryl methyl sites for hydroxylation is 1. The fraction of sp³-hybridized carbons (Fsp3) is 0.500. The molecule has 0 bridgehead atoms. The molecule has 1 aliphatic rings. The van der Waals surface area contributed by atoms with Crippen molar-refractivity contribution in [3.8, 4) is 0 Å². The average Bonchev–Trinajstić information content (AvgIpc) is 2.38. The summed E-state index contributed by atoms with van der Waals surface area (Å²) in [4.78, 5) is 12.3. The van der Waals surface area contributed by atoms with Gasteiger partial charge in [-0.25, -0.2) is 4.79 Å².